The Labute approximate surface area is 98.5 Å². The van der Waals surface area contributed by atoms with Crippen LogP contribution in [-0.4, -0.2) is 12.5 Å². The standard InChI is InChI=1S/C12H14BrNO/c1-2-9-14-12(15)8-7-10-5-3-4-6-11(10)13/h3-8H,2,9H2,1H3,(H,14,15)/b8-7+. The molecule has 0 aliphatic rings. The van der Waals surface area contributed by atoms with Crippen LogP contribution in [0.3, 0.4) is 0 Å². The van der Waals surface area contributed by atoms with E-state index in [0.717, 1.165) is 23.0 Å². The average molecular weight is 268 g/mol. The lowest BCUT2D eigenvalue weighted by atomic mass is 10.2. The van der Waals surface area contributed by atoms with E-state index in [4.69, 9.17) is 0 Å². The predicted molar refractivity (Wildman–Crippen MR) is 66.5 cm³/mol. The summed E-state index contributed by atoms with van der Waals surface area (Å²) >= 11 is 3.42. The van der Waals surface area contributed by atoms with Crippen molar-refractivity contribution >= 4 is 27.9 Å². The monoisotopic (exact) mass is 267 g/mol. The molecule has 0 aliphatic carbocycles. The third-order valence-electron chi connectivity index (χ3n) is 1.87. The van der Waals surface area contributed by atoms with Crippen molar-refractivity contribution in [3.8, 4) is 0 Å². The molecule has 1 aromatic rings. The molecule has 1 amide bonds. The minimum atomic E-state index is -0.0485. The maximum atomic E-state index is 11.3. The Morgan fingerprint density at radius 2 is 2.20 bits per heavy atom. The maximum Gasteiger partial charge on any atom is 0.243 e. The van der Waals surface area contributed by atoms with Gasteiger partial charge in [-0.15, -0.1) is 0 Å². The van der Waals surface area contributed by atoms with E-state index in [1.165, 1.54) is 0 Å². The van der Waals surface area contributed by atoms with Crippen molar-refractivity contribution in [1.29, 1.82) is 0 Å². The summed E-state index contributed by atoms with van der Waals surface area (Å²) in [7, 11) is 0. The lowest BCUT2D eigenvalue weighted by Crippen LogP contribution is -2.21. The van der Waals surface area contributed by atoms with E-state index in [2.05, 4.69) is 21.2 Å². The Morgan fingerprint density at radius 1 is 1.47 bits per heavy atom. The van der Waals surface area contributed by atoms with E-state index in [1.807, 2.05) is 31.2 Å². The topological polar surface area (TPSA) is 29.1 Å². The van der Waals surface area contributed by atoms with E-state index >= 15 is 0 Å². The molecular weight excluding hydrogens is 254 g/mol. The highest BCUT2D eigenvalue weighted by Crippen LogP contribution is 2.16. The molecule has 0 heterocycles. The van der Waals surface area contributed by atoms with Gasteiger partial charge in [0.05, 0.1) is 0 Å². The maximum absolute atomic E-state index is 11.3. The highest BCUT2D eigenvalue weighted by molar-refractivity contribution is 9.10. The quantitative estimate of drug-likeness (QED) is 0.836. The summed E-state index contributed by atoms with van der Waals surface area (Å²) in [5, 5.41) is 2.78. The molecule has 3 heteroatoms. The zero-order chi connectivity index (χ0) is 11.1. The van der Waals surface area contributed by atoms with Crippen LogP contribution in [0.2, 0.25) is 0 Å². The fourth-order valence-corrected chi connectivity index (χ4v) is 1.50. The van der Waals surface area contributed by atoms with Gasteiger partial charge in [-0.3, -0.25) is 4.79 Å². The van der Waals surface area contributed by atoms with Crippen LogP contribution in [0.25, 0.3) is 6.08 Å². The summed E-state index contributed by atoms with van der Waals surface area (Å²) in [5.41, 5.74) is 1.00. The fourth-order valence-electron chi connectivity index (χ4n) is 1.08. The summed E-state index contributed by atoms with van der Waals surface area (Å²) in [4.78, 5) is 11.3. The van der Waals surface area contributed by atoms with Gasteiger partial charge in [0.15, 0.2) is 0 Å². The van der Waals surface area contributed by atoms with Crippen molar-refractivity contribution in [2.75, 3.05) is 6.54 Å². The van der Waals surface area contributed by atoms with Gasteiger partial charge in [0, 0.05) is 17.1 Å². The Hall–Kier alpha value is -1.09. The number of hydrogen-bond acceptors (Lipinski definition) is 1. The smallest absolute Gasteiger partial charge is 0.243 e. The normalized spacial score (nSPS) is 10.5. The van der Waals surface area contributed by atoms with E-state index in [9.17, 15) is 4.79 Å². The molecule has 15 heavy (non-hydrogen) atoms. The first-order valence-corrected chi connectivity index (χ1v) is 5.73. The number of amides is 1. The van der Waals surface area contributed by atoms with Crippen LogP contribution in [0, 0.1) is 0 Å². The molecule has 80 valence electrons. The zero-order valence-corrected chi connectivity index (χ0v) is 10.3. The molecule has 0 fully saturated rings. The van der Waals surface area contributed by atoms with Crippen molar-refractivity contribution in [3.63, 3.8) is 0 Å². The van der Waals surface area contributed by atoms with Crippen molar-refractivity contribution < 1.29 is 4.79 Å². The second-order valence-electron chi connectivity index (χ2n) is 3.15. The number of benzene rings is 1. The second kappa shape index (κ2) is 6.40. The first kappa shape index (κ1) is 12.0. The molecule has 1 rings (SSSR count). The van der Waals surface area contributed by atoms with Crippen LogP contribution in [-0.2, 0) is 4.79 Å². The van der Waals surface area contributed by atoms with Crippen molar-refractivity contribution in [2.24, 2.45) is 0 Å². The van der Waals surface area contributed by atoms with Gasteiger partial charge in [0.1, 0.15) is 0 Å². The Kier molecular flexibility index (Phi) is 5.12. The molecule has 0 spiro atoms. The molecule has 0 bridgehead atoms. The molecule has 2 nitrogen and oxygen atoms in total. The third kappa shape index (κ3) is 4.30. The number of rotatable bonds is 4. The summed E-state index contributed by atoms with van der Waals surface area (Å²) in [6, 6.07) is 7.78. The van der Waals surface area contributed by atoms with Crippen LogP contribution in [0.15, 0.2) is 34.8 Å². The van der Waals surface area contributed by atoms with Gasteiger partial charge in [-0.2, -0.15) is 0 Å². The lowest BCUT2D eigenvalue weighted by Gasteiger charge is -1.99. The minimum absolute atomic E-state index is 0.0485. The average Bonchev–Trinajstić information content (AvgIpc) is 2.25. The molecule has 0 saturated carbocycles. The number of carbonyl (C=O) groups excluding carboxylic acids is 1. The van der Waals surface area contributed by atoms with Gasteiger partial charge < -0.3 is 5.32 Å². The molecule has 0 aliphatic heterocycles. The molecule has 0 radical (unpaired) electrons. The van der Waals surface area contributed by atoms with Crippen LogP contribution < -0.4 is 5.32 Å². The minimum Gasteiger partial charge on any atom is -0.353 e. The van der Waals surface area contributed by atoms with Gasteiger partial charge in [-0.1, -0.05) is 41.1 Å². The van der Waals surface area contributed by atoms with Gasteiger partial charge in [-0.25, -0.2) is 0 Å². The number of nitrogens with one attached hydrogen (secondary N) is 1. The van der Waals surface area contributed by atoms with Gasteiger partial charge in [0.25, 0.3) is 0 Å². The van der Waals surface area contributed by atoms with Crippen molar-refractivity contribution in [2.45, 2.75) is 13.3 Å². The molecule has 1 N–H and O–H groups in total. The number of hydrogen-bond donors (Lipinski definition) is 1. The first-order chi connectivity index (χ1) is 7.24. The third-order valence-corrected chi connectivity index (χ3v) is 2.59. The lowest BCUT2D eigenvalue weighted by molar-refractivity contribution is -0.116. The molecule has 0 atom stereocenters. The molecule has 0 saturated heterocycles. The van der Waals surface area contributed by atoms with Crippen molar-refractivity contribution in [1.82, 2.24) is 5.32 Å². The summed E-state index contributed by atoms with van der Waals surface area (Å²) in [6.45, 7) is 2.75. The number of halogens is 1. The highest BCUT2D eigenvalue weighted by Gasteiger charge is 1.95. The zero-order valence-electron chi connectivity index (χ0n) is 8.66. The number of carbonyl (C=O) groups is 1. The summed E-state index contributed by atoms with van der Waals surface area (Å²) in [6.07, 6.45) is 4.31. The Morgan fingerprint density at radius 3 is 2.87 bits per heavy atom. The van der Waals surface area contributed by atoms with E-state index < -0.39 is 0 Å². The molecule has 0 unspecified atom stereocenters. The Balaban J connectivity index is 2.58. The van der Waals surface area contributed by atoms with Gasteiger partial charge in [-0.05, 0) is 24.1 Å². The van der Waals surface area contributed by atoms with Gasteiger partial charge >= 0.3 is 0 Å². The second-order valence-corrected chi connectivity index (χ2v) is 4.00. The summed E-state index contributed by atoms with van der Waals surface area (Å²) < 4.78 is 0.990. The molecule has 0 aromatic heterocycles. The van der Waals surface area contributed by atoms with Crippen LogP contribution in [0.1, 0.15) is 18.9 Å². The highest BCUT2D eigenvalue weighted by atomic mass is 79.9. The molecular formula is C12H14BrNO. The van der Waals surface area contributed by atoms with Crippen LogP contribution in [0.4, 0.5) is 0 Å². The molecule has 1 aromatic carbocycles. The fraction of sp³-hybridized carbons (Fsp3) is 0.250. The summed E-state index contributed by atoms with van der Waals surface area (Å²) in [5.74, 6) is -0.0485. The van der Waals surface area contributed by atoms with E-state index in [0.29, 0.717) is 0 Å². The first-order valence-electron chi connectivity index (χ1n) is 4.94. The Bertz CT molecular complexity index is 360. The van der Waals surface area contributed by atoms with Gasteiger partial charge in [0.2, 0.25) is 5.91 Å². The SMILES string of the molecule is CCCNC(=O)/C=C/c1ccccc1Br. The largest absolute Gasteiger partial charge is 0.353 e. The van der Waals surface area contributed by atoms with Crippen LogP contribution >= 0.6 is 15.9 Å². The van der Waals surface area contributed by atoms with Crippen LogP contribution in [0.5, 0.6) is 0 Å². The van der Waals surface area contributed by atoms with E-state index in [1.54, 1.807) is 12.2 Å². The predicted octanol–water partition coefficient (Wildman–Crippen LogP) is 2.99. The van der Waals surface area contributed by atoms with Crippen molar-refractivity contribution in [3.05, 3.63) is 40.4 Å². The van der Waals surface area contributed by atoms with E-state index in [-0.39, 0.29) is 5.91 Å².